The zero-order chi connectivity index (χ0) is 15.5. The third-order valence-electron chi connectivity index (χ3n) is 4.13. The summed E-state index contributed by atoms with van der Waals surface area (Å²) in [5, 5.41) is 3.02. The minimum absolute atomic E-state index is 0.100. The van der Waals surface area contributed by atoms with E-state index in [9.17, 15) is 4.79 Å². The second-order valence-electron chi connectivity index (χ2n) is 6.55. The van der Waals surface area contributed by atoms with Gasteiger partial charge in [-0.3, -0.25) is 19.7 Å². The fourth-order valence-electron chi connectivity index (χ4n) is 2.88. The molecule has 0 spiro atoms. The maximum absolute atomic E-state index is 12.6. The van der Waals surface area contributed by atoms with Crippen LogP contribution in [0.25, 0.3) is 0 Å². The van der Waals surface area contributed by atoms with Crippen molar-refractivity contribution in [1.29, 1.82) is 0 Å². The van der Waals surface area contributed by atoms with Crippen molar-refractivity contribution in [2.45, 2.75) is 52.6 Å². The number of nitrogens with zero attached hydrogens (tertiary/aromatic N) is 3. The van der Waals surface area contributed by atoms with E-state index < -0.39 is 0 Å². The Morgan fingerprint density at radius 1 is 1.43 bits per heavy atom. The van der Waals surface area contributed by atoms with Crippen LogP contribution in [0.3, 0.4) is 0 Å². The summed E-state index contributed by atoms with van der Waals surface area (Å²) in [5.41, 5.74) is 1.30. The number of carbonyl (C=O) groups excluding carboxylic acids is 1. The molecule has 21 heavy (non-hydrogen) atoms. The van der Waals surface area contributed by atoms with E-state index in [0.29, 0.717) is 12.5 Å². The van der Waals surface area contributed by atoms with Crippen LogP contribution in [-0.2, 0) is 11.3 Å². The molecule has 1 aliphatic heterocycles. The summed E-state index contributed by atoms with van der Waals surface area (Å²) in [6, 6.07) is 0. The van der Waals surface area contributed by atoms with Crippen LogP contribution < -0.4 is 5.32 Å². The van der Waals surface area contributed by atoms with Gasteiger partial charge >= 0.3 is 0 Å². The SMILES string of the molecule is Cc1cnc(CNC(=O)C2(C)CCCN2CC(C)C)cn1. The summed E-state index contributed by atoms with van der Waals surface area (Å²) >= 11 is 0. The van der Waals surface area contributed by atoms with Gasteiger partial charge in [0, 0.05) is 12.7 Å². The van der Waals surface area contributed by atoms with Crippen LogP contribution in [-0.4, -0.2) is 39.4 Å². The largest absolute Gasteiger partial charge is 0.349 e. The summed E-state index contributed by atoms with van der Waals surface area (Å²) < 4.78 is 0. The maximum Gasteiger partial charge on any atom is 0.240 e. The van der Waals surface area contributed by atoms with E-state index in [4.69, 9.17) is 0 Å². The van der Waals surface area contributed by atoms with Crippen molar-refractivity contribution in [2.75, 3.05) is 13.1 Å². The number of aromatic nitrogens is 2. The van der Waals surface area contributed by atoms with E-state index >= 15 is 0 Å². The van der Waals surface area contributed by atoms with Gasteiger partial charge < -0.3 is 5.32 Å². The number of aryl methyl sites for hydroxylation is 1. The second kappa shape index (κ2) is 6.52. The number of likely N-dealkylation sites (tertiary alicyclic amines) is 1. The molecule has 0 saturated carbocycles. The average Bonchev–Trinajstić information content (AvgIpc) is 2.80. The van der Waals surface area contributed by atoms with Gasteiger partial charge in [0.05, 0.1) is 29.7 Å². The van der Waals surface area contributed by atoms with Crippen molar-refractivity contribution >= 4 is 5.91 Å². The number of hydrogen-bond acceptors (Lipinski definition) is 4. The molecule has 0 bridgehead atoms. The molecular formula is C16H26N4O. The zero-order valence-electron chi connectivity index (χ0n) is 13.5. The van der Waals surface area contributed by atoms with E-state index in [-0.39, 0.29) is 11.4 Å². The fourth-order valence-corrected chi connectivity index (χ4v) is 2.88. The fraction of sp³-hybridized carbons (Fsp3) is 0.688. The normalized spacial score (nSPS) is 22.7. The lowest BCUT2D eigenvalue weighted by atomic mass is 9.96. The minimum atomic E-state index is -0.387. The Morgan fingerprint density at radius 3 is 2.81 bits per heavy atom. The van der Waals surface area contributed by atoms with Gasteiger partial charge in [-0.1, -0.05) is 13.8 Å². The van der Waals surface area contributed by atoms with Gasteiger partial charge in [0.2, 0.25) is 5.91 Å². The monoisotopic (exact) mass is 290 g/mol. The second-order valence-corrected chi connectivity index (χ2v) is 6.55. The van der Waals surface area contributed by atoms with Crippen molar-refractivity contribution in [3.05, 3.63) is 23.8 Å². The summed E-state index contributed by atoms with van der Waals surface area (Å²) in [6.07, 6.45) is 5.45. The highest BCUT2D eigenvalue weighted by molar-refractivity contribution is 5.86. The van der Waals surface area contributed by atoms with Gasteiger partial charge in [0.25, 0.3) is 0 Å². The molecule has 5 heteroatoms. The first-order valence-corrected chi connectivity index (χ1v) is 7.72. The van der Waals surface area contributed by atoms with Crippen LogP contribution in [0.4, 0.5) is 0 Å². The molecule has 1 amide bonds. The predicted octanol–water partition coefficient (Wildman–Crippen LogP) is 1.91. The number of amides is 1. The van der Waals surface area contributed by atoms with Crippen LogP contribution in [0, 0.1) is 12.8 Å². The van der Waals surface area contributed by atoms with Gasteiger partial charge in [0.15, 0.2) is 0 Å². The van der Waals surface area contributed by atoms with Crippen molar-refractivity contribution in [1.82, 2.24) is 20.2 Å². The van der Waals surface area contributed by atoms with Crippen molar-refractivity contribution in [3.8, 4) is 0 Å². The summed E-state index contributed by atoms with van der Waals surface area (Å²) in [7, 11) is 0. The molecule has 2 rings (SSSR count). The van der Waals surface area contributed by atoms with Crippen LogP contribution >= 0.6 is 0 Å². The standard InChI is InChI=1S/C16H26N4O/c1-12(2)11-20-7-5-6-16(20,4)15(21)19-10-14-9-17-13(3)8-18-14/h8-9,12H,5-7,10-11H2,1-4H3,(H,19,21). The smallest absolute Gasteiger partial charge is 0.240 e. The van der Waals surface area contributed by atoms with Crippen molar-refractivity contribution in [3.63, 3.8) is 0 Å². The van der Waals surface area contributed by atoms with E-state index in [2.05, 4.69) is 41.0 Å². The summed E-state index contributed by atoms with van der Waals surface area (Å²) in [4.78, 5) is 23.4. The molecule has 1 aliphatic rings. The highest BCUT2D eigenvalue weighted by Crippen LogP contribution is 2.29. The number of hydrogen-bond donors (Lipinski definition) is 1. The molecule has 2 heterocycles. The lowest BCUT2D eigenvalue weighted by molar-refractivity contribution is -0.131. The molecule has 1 aromatic rings. The molecule has 116 valence electrons. The first kappa shape index (κ1) is 15.9. The van der Waals surface area contributed by atoms with Crippen molar-refractivity contribution in [2.24, 2.45) is 5.92 Å². The molecule has 1 atom stereocenters. The van der Waals surface area contributed by atoms with Gasteiger partial charge in [-0.05, 0) is 39.2 Å². The average molecular weight is 290 g/mol. The molecule has 5 nitrogen and oxygen atoms in total. The lowest BCUT2D eigenvalue weighted by Crippen LogP contribution is -2.54. The summed E-state index contributed by atoms with van der Waals surface area (Å²) in [6.45, 7) is 10.8. The number of rotatable bonds is 5. The Kier molecular flexibility index (Phi) is 4.93. The van der Waals surface area contributed by atoms with E-state index in [0.717, 1.165) is 37.3 Å². The molecule has 0 aliphatic carbocycles. The zero-order valence-corrected chi connectivity index (χ0v) is 13.5. The number of carbonyl (C=O) groups is 1. The van der Waals surface area contributed by atoms with E-state index in [1.165, 1.54) is 0 Å². The predicted molar refractivity (Wildman–Crippen MR) is 82.7 cm³/mol. The molecule has 0 radical (unpaired) electrons. The highest BCUT2D eigenvalue weighted by Gasteiger charge is 2.42. The molecule has 1 saturated heterocycles. The number of nitrogens with one attached hydrogen (secondary N) is 1. The first-order valence-electron chi connectivity index (χ1n) is 7.72. The molecular weight excluding hydrogens is 264 g/mol. The molecule has 1 N–H and O–H groups in total. The minimum Gasteiger partial charge on any atom is -0.349 e. The first-order chi connectivity index (χ1) is 9.91. The third kappa shape index (κ3) is 3.79. The van der Waals surface area contributed by atoms with Gasteiger partial charge in [-0.15, -0.1) is 0 Å². The van der Waals surface area contributed by atoms with Crippen LogP contribution in [0.2, 0.25) is 0 Å². The molecule has 1 fully saturated rings. The molecule has 1 aromatic heterocycles. The Bertz CT molecular complexity index is 486. The molecule has 1 unspecified atom stereocenters. The Hall–Kier alpha value is -1.49. The quantitative estimate of drug-likeness (QED) is 0.900. The molecule has 0 aromatic carbocycles. The van der Waals surface area contributed by atoms with Crippen LogP contribution in [0.15, 0.2) is 12.4 Å². The van der Waals surface area contributed by atoms with E-state index in [1.54, 1.807) is 12.4 Å². The topological polar surface area (TPSA) is 58.1 Å². The van der Waals surface area contributed by atoms with Gasteiger partial charge in [-0.2, -0.15) is 0 Å². The highest BCUT2D eigenvalue weighted by atomic mass is 16.2. The van der Waals surface area contributed by atoms with Crippen molar-refractivity contribution < 1.29 is 4.79 Å². The van der Waals surface area contributed by atoms with Crippen LogP contribution in [0.5, 0.6) is 0 Å². The van der Waals surface area contributed by atoms with Gasteiger partial charge in [0.1, 0.15) is 0 Å². The third-order valence-corrected chi connectivity index (χ3v) is 4.13. The Labute approximate surface area is 127 Å². The van der Waals surface area contributed by atoms with E-state index in [1.807, 2.05) is 6.92 Å². The lowest BCUT2D eigenvalue weighted by Gasteiger charge is -2.35. The Balaban J connectivity index is 1.96. The van der Waals surface area contributed by atoms with Gasteiger partial charge in [-0.25, -0.2) is 0 Å². The van der Waals surface area contributed by atoms with Crippen LogP contribution in [0.1, 0.15) is 45.0 Å². The Morgan fingerprint density at radius 2 is 2.19 bits per heavy atom. The maximum atomic E-state index is 12.6. The summed E-state index contributed by atoms with van der Waals surface area (Å²) in [5.74, 6) is 0.668.